The lowest BCUT2D eigenvalue weighted by atomic mass is 9.95. The van der Waals surface area contributed by atoms with Crippen LogP contribution in [0.4, 0.5) is 0 Å². The summed E-state index contributed by atoms with van der Waals surface area (Å²) in [6, 6.07) is 6.26. The largest absolute Gasteiger partial charge is 0.489 e. The summed E-state index contributed by atoms with van der Waals surface area (Å²) in [5.74, 6) is 1.42. The number of nitrogens with two attached hydrogens (primary N) is 1. The van der Waals surface area contributed by atoms with Crippen molar-refractivity contribution in [2.75, 3.05) is 6.54 Å². The topological polar surface area (TPSA) is 35.2 Å². The van der Waals surface area contributed by atoms with Crippen LogP contribution in [0.5, 0.6) is 5.75 Å². The van der Waals surface area contributed by atoms with Crippen LogP contribution in [0, 0.1) is 6.92 Å². The van der Waals surface area contributed by atoms with Crippen LogP contribution in [0.2, 0.25) is 0 Å². The summed E-state index contributed by atoms with van der Waals surface area (Å²) in [5.41, 5.74) is 8.19. The molecule has 2 nitrogen and oxygen atoms in total. The number of hydrogen-bond donors (Lipinski definition) is 1. The average molecular weight is 177 g/mol. The molecule has 0 spiro atoms. The Morgan fingerprint density at radius 1 is 1.46 bits per heavy atom. The van der Waals surface area contributed by atoms with Gasteiger partial charge in [-0.05, 0) is 19.4 Å². The SMILES string of the molecule is Cc1cccc2c1OC(C)C2CN. The highest BCUT2D eigenvalue weighted by atomic mass is 16.5. The van der Waals surface area contributed by atoms with Gasteiger partial charge in [0.25, 0.3) is 0 Å². The number of para-hydroxylation sites is 1. The molecule has 2 heteroatoms. The maximum Gasteiger partial charge on any atom is 0.126 e. The zero-order chi connectivity index (χ0) is 9.42. The summed E-state index contributed by atoms with van der Waals surface area (Å²) in [5, 5.41) is 0. The first kappa shape index (κ1) is 8.57. The minimum Gasteiger partial charge on any atom is -0.489 e. The molecular formula is C11H15NO. The first-order valence-electron chi connectivity index (χ1n) is 4.70. The van der Waals surface area contributed by atoms with Crippen molar-refractivity contribution < 1.29 is 4.74 Å². The van der Waals surface area contributed by atoms with E-state index >= 15 is 0 Å². The second-order valence-corrected chi connectivity index (χ2v) is 3.66. The Hall–Kier alpha value is -1.02. The van der Waals surface area contributed by atoms with E-state index in [1.165, 1.54) is 11.1 Å². The number of aryl methyl sites for hydroxylation is 1. The third kappa shape index (κ3) is 1.22. The molecule has 0 saturated carbocycles. The average Bonchev–Trinajstić information content (AvgIpc) is 2.43. The van der Waals surface area contributed by atoms with Crippen LogP contribution >= 0.6 is 0 Å². The molecule has 2 atom stereocenters. The van der Waals surface area contributed by atoms with Crippen molar-refractivity contribution in [2.24, 2.45) is 5.73 Å². The molecule has 0 aromatic heterocycles. The molecule has 1 aromatic carbocycles. The lowest BCUT2D eigenvalue weighted by molar-refractivity contribution is 0.227. The van der Waals surface area contributed by atoms with Gasteiger partial charge in [0.2, 0.25) is 0 Å². The van der Waals surface area contributed by atoms with Crippen molar-refractivity contribution in [3.8, 4) is 5.75 Å². The molecule has 1 heterocycles. The lowest BCUT2D eigenvalue weighted by Gasteiger charge is -2.10. The van der Waals surface area contributed by atoms with Crippen LogP contribution in [0.3, 0.4) is 0 Å². The molecule has 1 aliphatic rings. The lowest BCUT2D eigenvalue weighted by Crippen LogP contribution is -2.21. The van der Waals surface area contributed by atoms with Crippen molar-refractivity contribution in [1.29, 1.82) is 0 Å². The molecule has 1 aromatic rings. The number of benzene rings is 1. The second kappa shape index (κ2) is 3.04. The van der Waals surface area contributed by atoms with Crippen LogP contribution in [-0.2, 0) is 0 Å². The maximum absolute atomic E-state index is 5.76. The fraction of sp³-hybridized carbons (Fsp3) is 0.455. The molecular weight excluding hydrogens is 162 g/mol. The number of hydrogen-bond acceptors (Lipinski definition) is 2. The highest BCUT2D eigenvalue weighted by molar-refractivity contribution is 5.46. The van der Waals surface area contributed by atoms with Gasteiger partial charge in [0, 0.05) is 18.0 Å². The second-order valence-electron chi connectivity index (χ2n) is 3.66. The quantitative estimate of drug-likeness (QED) is 0.710. The van der Waals surface area contributed by atoms with E-state index in [0.717, 1.165) is 5.75 Å². The van der Waals surface area contributed by atoms with Gasteiger partial charge >= 0.3 is 0 Å². The molecule has 2 unspecified atom stereocenters. The fourth-order valence-electron chi connectivity index (χ4n) is 1.97. The first-order valence-corrected chi connectivity index (χ1v) is 4.70. The minimum atomic E-state index is 0.223. The maximum atomic E-state index is 5.76. The Labute approximate surface area is 78.7 Å². The van der Waals surface area contributed by atoms with Crippen LogP contribution in [0.1, 0.15) is 24.0 Å². The zero-order valence-corrected chi connectivity index (χ0v) is 8.08. The van der Waals surface area contributed by atoms with E-state index in [0.29, 0.717) is 12.5 Å². The van der Waals surface area contributed by atoms with E-state index in [1.54, 1.807) is 0 Å². The van der Waals surface area contributed by atoms with Crippen LogP contribution in [0.25, 0.3) is 0 Å². The van der Waals surface area contributed by atoms with Crippen molar-refractivity contribution in [2.45, 2.75) is 25.9 Å². The summed E-state index contributed by atoms with van der Waals surface area (Å²) in [6.07, 6.45) is 0.223. The van der Waals surface area contributed by atoms with Gasteiger partial charge in [0.15, 0.2) is 0 Å². The van der Waals surface area contributed by atoms with Crippen LogP contribution < -0.4 is 10.5 Å². The van der Waals surface area contributed by atoms with E-state index < -0.39 is 0 Å². The molecule has 0 amide bonds. The van der Waals surface area contributed by atoms with Gasteiger partial charge in [-0.25, -0.2) is 0 Å². The molecule has 0 fully saturated rings. The normalized spacial score (nSPS) is 25.5. The van der Waals surface area contributed by atoms with E-state index in [9.17, 15) is 0 Å². The monoisotopic (exact) mass is 177 g/mol. The van der Waals surface area contributed by atoms with E-state index in [1.807, 2.05) is 0 Å². The van der Waals surface area contributed by atoms with Gasteiger partial charge in [-0.1, -0.05) is 18.2 Å². The minimum absolute atomic E-state index is 0.223. The molecule has 0 bridgehead atoms. The van der Waals surface area contributed by atoms with Crippen molar-refractivity contribution in [3.05, 3.63) is 29.3 Å². The molecule has 70 valence electrons. The Kier molecular flexibility index (Phi) is 2.00. The van der Waals surface area contributed by atoms with Gasteiger partial charge in [-0.15, -0.1) is 0 Å². The van der Waals surface area contributed by atoms with Crippen molar-refractivity contribution in [1.82, 2.24) is 0 Å². The molecule has 2 rings (SSSR count). The Morgan fingerprint density at radius 3 is 2.92 bits per heavy atom. The van der Waals surface area contributed by atoms with Gasteiger partial charge < -0.3 is 10.5 Å². The summed E-state index contributed by atoms with van der Waals surface area (Å²) >= 11 is 0. The van der Waals surface area contributed by atoms with Crippen molar-refractivity contribution in [3.63, 3.8) is 0 Å². The van der Waals surface area contributed by atoms with E-state index in [4.69, 9.17) is 10.5 Å². The fourth-order valence-corrected chi connectivity index (χ4v) is 1.97. The smallest absolute Gasteiger partial charge is 0.126 e. The van der Waals surface area contributed by atoms with Gasteiger partial charge in [-0.3, -0.25) is 0 Å². The molecule has 13 heavy (non-hydrogen) atoms. The number of fused-ring (bicyclic) bond motifs is 1. The third-order valence-electron chi connectivity index (χ3n) is 2.77. The van der Waals surface area contributed by atoms with E-state index in [2.05, 4.69) is 32.0 Å². The molecule has 0 aliphatic carbocycles. The van der Waals surface area contributed by atoms with E-state index in [-0.39, 0.29) is 6.10 Å². The van der Waals surface area contributed by atoms with Crippen molar-refractivity contribution >= 4 is 0 Å². The number of ether oxygens (including phenoxy) is 1. The molecule has 0 saturated heterocycles. The van der Waals surface area contributed by atoms with Crippen LogP contribution in [-0.4, -0.2) is 12.6 Å². The van der Waals surface area contributed by atoms with Gasteiger partial charge in [0.1, 0.15) is 11.9 Å². The standard InChI is InChI=1S/C11H15NO/c1-7-4-3-5-9-10(6-12)8(2)13-11(7)9/h3-5,8,10H,6,12H2,1-2H3. The molecule has 1 aliphatic heterocycles. The molecule has 0 radical (unpaired) electrons. The predicted octanol–water partition coefficient (Wildman–Crippen LogP) is 1.82. The third-order valence-corrected chi connectivity index (χ3v) is 2.77. The first-order chi connectivity index (χ1) is 6.24. The Morgan fingerprint density at radius 2 is 2.23 bits per heavy atom. The molecule has 2 N–H and O–H groups in total. The highest BCUT2D eigenvalue weighted by Gasteiger charge is 2.30. The summed E-state index contributed by atoms with van der Waals surface area (Å²) < 4.78 is 5.76. The number of rotatable bonds is 1. The van der Waals surface area contributed by atoms with Gasteiger partial charge in [-0.2, -0.15) is 0 Å². The Balaban J connectivity index is 2.48. The summed E-state index contributed by atoms with van der Waals surface area (Å²) in [6.45, 7) is 4.82. The Bertz CT molecular complexity index is 322. The van der Waals surface area contributed by atoms with Gasteiger partial charge in [0.05, 0.1) is 0 Å². The summed E-state index contributed by atoms with van der Waals surface area (Å²) in [7, 11) is 0. The highest BCUT2D eigenvalue weighted by Crippen LogP contribution is 2.39. The zero-order valence-electron chi connectivity index (χ0n) is 8.08. The predicted molar refractivity (Wildman–Crippen MR) is 53.1 cm³/mol. The summed E-state index contributed by atoms with van der Waals surface area (Å²) in [4.78, 5) is 0. The van der Waals surface area contributed by atoms with Crippen LogP contribution in [0.15, 0.2) is 18.2 Å².